The largest absolute Gasteiger partial charge is 0.366 e. The molecule has 0 saturated carbocycles. The predicted octanol–water partition coefficient (Wildman–Crippen LogP) is 0.688. The first-order chi connectivity index (χ1) is 5.42. The van der Waals surface area contributed by atoms with Crippen molar-refractivity contribution in [3.63, 3.8) is 0 Å². The van der Waals surface area contributed by atoms with Crippen LogP contribution in [0.3, 0.4) is 0 Å². The molecule has 0 aromatic carbocycles. The number of carbonyl (C=O) groups is 1. The van der Waals surface area contributed by atoms with Crippen molar-refractivity contribution in [1.82, 2.24) is 5.32 Å². The molecule has 0 aromatic heterocycles. The molecule has 1 N–H and O–H groups in total. The van der Waals surface area contributed by atoms with Crippen LogP contribution in [0, 0.1) is 5.92 Å². The van der Waals surface area contributed by atoms with Gasteiger partial charge in [0.05, 0.1) is 17.6 Å². The highest BCUT2D eigenvalue weighted by molar-refractivity contribution is 5.85. The Hall–Kier alpha value is -0.570. The number of carbonyl (C=O) groups excluding carboxylic acids is 1. The van der Waals surface area contributed by atoms with Crippen molar-refractivity contribution in [2.45, 2.75) is 44.9 Å². The minimum absolute atomic E-state index is 0.0290. The highest BCUT2D eigenvalue weighted by atomic mass is 16.5. The fraction of sp³-hybridized carbons (Fsp3) is 0.889. The van der Waals surface area contributed by atoms with Crippen molar-refractivity contribution in [2.75, 3.05) is 0 Å². The number of rotatable bonds is 0. The first kappa shape index (κ1) is 8.05. The first-order valence-corrected chi connectivity index (χ1v) is 4.41. The van der Waals surface area contributed by atoms with E-state index >= 15 is 0 Å². The second kappa shape index (κ2) is 1.84. The van der Waals surface area contributed by atoms with Gasteiger partial charge in [0.1, 0.15) is 5.60 Å². The quantitative estimate of drug-likeness (QED) is 0.579. The monoisotopic (exact) mass is 169 g/mol. The lowest BCUT2D eigenvalue weighted by molar-refractivity contribution is -0.257. The maximum Gasteiger partial charge on any atom is 0.226 e. The van der Waals surface area contributed by atoms with Gasteiger partial charge in [-0.3, -0.25) is 4.79 Å². The minimum Gasteiger partial charge on any atom is -0.366 e. The average Bonchev–Trinajstić information content (AvgIpc) is 2.13. The van der Waals surface area contributed by atoms with E-state index < -0.39 is 0 Å². The van der Waals surface area contributed by atoms with Gasteiger partial charge in [-0.15, -0.1) is 0 Å². The summed E-state index contributed by atoms with van der Waals surface area (Å²) in [5.41, 5.74) is -0.437. The maximum atomic E-state index is 11.4. The van der Waals surface area contributed by atoms with Gasteiger partial charge in [-0.05, 0) is 20.8 Å². The zero-order valence-corrected chi connectivity index (χ0v) is 7.97. The zero-order chi connectivity index (χ0) is 9.15. The van der Waals surface area contributed by atoms with Crippen LogP contribution >= 0.6 is 0 Å². The number of ether oxygens (including phenoxy) is 1. The number of amides is 1. The molecule has 0 radical (unpaired) electrons. The van der Waals surface area contributed by atoms with Gasteiger partial charge in [-0.1, -0.05) is 6.92 Å². The van der Waals surface area contributed by atoms with Crippen LogP contribution in [0.1, 0.15) is 27.7 Å². The van der Waals surface area contributed by atoms with Gasteiger partial charge in [-0.2, -0.15) is 0 Å². The van der Waals surface area contributed by atoms with E-state index in [0.29, 0.717) is 0 Å². The standard InChI is InChI=1S/C9H15NO2/c1-5-7(11)10-8(3)6(2)12-9(5,8)4/h5-6H,1-4H3,(H,10,11). The summed E-state index contributed by atoms with van der Waals surface area (Å²) in [6.45, 7) is 7.99. The fourth-order valence-corrected chi connectivity index (χ4v) is 2.34. The van der Waals surface area contributed by atoms with E-state index in [0.717, 1.165) is 0 Å². The van der Waals surface area contributed by atoms with Crippen LogP contribution in [0.5, 0.6) is 0 Å². The Morgan fingerprint density at radius 2 is 2.00 bits per heavy atom. The molecule has 4 unspecified atom stereocenters. The van der Waals surface area contributed by atoms with Gasteiger partial charge in [0.25, 0.3) is 0 Å². The summed E-state index contributed by atoms with van der Waals surface area (Å²) in [5, 5.41) is 3.01. The molecule has 2 heterocycles. The number of hydrogen-bond donors (Lipinski definition) is 1. The average molecular weight is 169 g/mol. The van der Waals surface area contributed by atoms with Crippen molar-refractivity contribution in [1.29, 1.82) is 0 Å². The van der Waals surface area contributed by atoms with Crippen molar-refractivity contribution in [3.8, 4) is 0 Å². The lowest BCUT2D eigenvalue weighted by atomic mass is 9.70. The molecule has 2 fully saturated rings. The van der Waals surface area contributed by atoms with Crippen LogP contribution in [0.4, 0.5) is 0 Å². The third kappa shape index (κ3) is 0.565. The number of fused-ring (bicyclic) bond motifs is 1. The molecular formula is C9H15NO2. The Morgan fingerprint density at radius 3 is 2.33 bits per heavy atom. The molecule has 0 aromatic rings. The summed E-state index contributed by atoms with van der Waals surface area (Å²) in [7, 11) is 0. The Morgan fingerprint density at radius 1 is 1.42 bits per heavy atom. The van der Waals surface area contributed by atoms with E-state index in [2.05, 4.69) is 12.2 Å². The summed E-state index contributed by atoms with van der Waals surface area (Å²) in [4.78, 5) is 11.4. The molecule has 12 heavy (non-hydrogen) atoms. The van der Waals surface area contributed by atoms with Gasteiger partial charge in [0.15, 0.2) is 0 Å². The molecule has 0 aliphatic carbocycles. The Balaban J connectivity index is 2.38. The molecule has 2 aliphatic rings. The number of hydrogen-bond acceptors (Lipinski definition) is 2. The van der Waals surface area contributed by atoms with Gasteiger partial charge in [0.2, 0.25) is 5.91 Å². The minimum atomic E-state index is -0.288. The molecule has 0 bridgehead atoms. The number of nitrogens with one attached hydrogen (secondary N) is 1. The topological polar surface area (TPSA) is 38.3 Å². The lowest BCUT2D eigenvalue weighted by Crippen LogP contribution is -2.73. The summed E-state index contributed by atoms with van der Waals surface area (Å²) in [6.07, 6.45) is 0.136. The highest BCUT2D eigenvalue weighted by Gasteiger charge is 2.69. The zero-order valence-electron chi connectivity index (χ0n) is 7.97. The molecule has 0 spiro atoms. The van der Waals surface area contributed by atoms with E-state index in [4.69, 9.17) is 4.74 Å². The SMILES string of the molecule is CC1OC2(C)C(C)C(=O)NC12C. The van der Waals surface area contributed by atoms with Crippen LogP contribution in [0.15, 0.2) is 0 Å². The van der Waals surface area contributed by atoms with Gasteiger partial charge in [0, 0.05) is 0 Å². The predicted molar refractivity (Wildman–Crippen MR) is 44.7 cm³/mol. The molecule has 2 rings (SSSR count). The second-order valence-electron chi connectivity index (χ2n) is 4.28. The molecule has 2 saturated heterocycles. The lowest BCUT2D eigenvalue weighted by Gasteiger charge is -2.56. The normalized spacial score (nSPS) is 57.5. The van der Waals surface area contributed by atoms with E-state index in [1.165, 1.54) is 0 Å². The highest BCUT2D eigenvalue weighted by Crippen LogP contribution is 2.51. The van der Waals surface area contributed by atoms with Gasteiger partial charge >= 0.3 is 0 Å². The first-order valence-electron chi connectivity index (χ1n) is 4.41. The molecule has 2 aliphatic heterocycles. The van der Waals surface area contributed by atoms with Crippen LogP contribution in [0.2, 0.25) is 0 Å². The van der Waals surface area contributed by atoms with Crippen LogP contribution in [-0.4, -0.2) is 23.2 Å². The van der Waals surface area contributed by atoms with Crippen molar-refractivity contribution in [2.24, 2.45) is 5.92 Å². The van der Waals surface area contributed by atoms with Crippen LogP contribution in [0.25, 0.3) is 0 Å². The Kier molecular flexibility index (Phi) is 1.24. The summed E-state index contributed by atoms with van der Waals surface area (Å²) < 4.78 is 5.65. The maximum absolute atomic E-state index is 11.4. The van der Waals surface area contributed by atoms with Crippen LogP contribution in [-0.2, 0) is 9.53 Å². The van der Waals surface area contributed by atoms with E-state index in [1.54, 1.807) is 0 Å². The molecule has 3 heteroatoms. The van der Waals surface area contributed by atoms with Crippen molar-refractivity contribution < 1.29 is 9.53 Å². The van der Waals surface area contributed by atoms with Gasteiger partial charge < -0.3 is 10.1 Å². The third-order valence-electron chi connectivity index (χ3n) is 3.87. The molecule has 1 amide bonds. The summed E-state index contributed by atoms with van der Waals surface area (Å²) in [5.74, 6) is 0.0862. The van der Waals surface area contributed by atoms with Crippen molar-refractivity contribution in [3.05, 3.63) is 0 Å². The second-order valence-corrected chi connectivity index (χ2v) is 4.28. The van der Waals surface area contributed by atoms with Gasteiger partial charge in [-0.25, -0.2) is 0 Å². The fourth-order valence-electron chi connectivity index (χ4n) is 2.34. The van der Waals surface area contributed by atoms with Crippen LogP contribution < -0.4 is 5.32 Å². The smallest absolute Gasteiger partial charge is 0.226 e. The Labute approximate surface area is 72.5 Å². The Bertz CT molecular complexity index is 251. The molecule has 3 nitrogen and oxygen atoms in total. The summed E-state index contributed by atoms with van der Waals surface area (Å²) >= 11 is 0. The third-order valence-corrected chi connectivity index (χ3v) is 3.87. The van der Waals surface area contributed by atoms with Crippen molar-refractivity contribution >= 4 is 5.91 Å². The summed E-state index contributed by atoms with van der Waals surface area (Å²) in [6, 6.07) is 0. The molecule has 68 valence electrons. The molecular weight excluding hydrogens is 154 g/mol. The van der Waals surface area contributed by atoms with E-state index in [-0.39, 0.29) is 29.1 Å². The molecule has 4 atom stereocenters. The van der Waals surface area contributed by atoms with E-state index in [1.807, 2.05) is 20.8 Å². The van der Waals surface area contributed by atoms with E-state index in [9.17, 15) is 4.79 Å².